The fourth-order valence-electron chi connectivity index (χ4n) is 3.44. The van der Waals surface area contributed by atoms with Gasteiger partial charge in [-0.2, -0.15) is 0 Å². The number of hydrogen-bond acceptors (Lipinski definition) is 2. The predicted molar refractivity (Wildman–Crippen MR) is 75.9 cm³/mol. The first-order chi connectivity index (χ1) is 9.34. The van der Waals surface area contributed by atoms with E-state index >= 15 is 0 Å². The van der Waals surface area contributed by atoms with E-state index < -0.39 is 0 Å². The Balaban J connectivity index is 1.63. The summed E-state index contributed by atoms with van der Waals surface area (Å²) in [6, 6.07) is 10.2. The lowest BCUT2D eigenvalue weighted by Crippen LogP contribution is -2.48. The molecule has 1 unspecified atom stereocenters. The van der Waals surface area contributed by atoms with Crippen molar-refractivity contribution in [3.05, 3.63) is 35.9 Å². The number of carbonyl (C=O) groups excluding carboxylic acids is 1. The van der Waals surface area contributed by atoms with Crippen molar-refractivity contribution in [1.29, 1.82) is 0 Å². The topological polar surface area (TPSA) is 32.3 Å². The summed E-state index contributed by atoms with van der Waals surface area (Å²) < 4.78 is 0. The molecular weight excluding hydrogens is 236 g/mol. The lowest BCUT2D eigenvalue weighted by atomic mass is 10.2. The molecule has 2 fully saturated rings. The second-order valence-corrected chi connectivity index (χ2v) is 5.67. The van der Waals surface area contributed by atoms with Crippen LogP contribution in [0.2, 0.25) is 0 Å². The smallest absolute Gasteiger partial charge is 0.252 e. The molecule has 3 nitrogen and oxygen atoms in total. The van der Waals surface area contributed by atoms with Crippen molar-refractivity contribution < 1.29 is 4.79 Å². The third-order valence-corrected chi connectivity index (χ3v) is 4.42. The molecule has 1 amide bonds. The van der Waals surface area contributed by atoms with E-state index in [1.54, 1.807) is 0 Å². The Morgan fingerprint density at radius 3 is 2.53 bits per heavy atom. The first-order valence-corrected chi connectivity index (χ1v) is 7.46. The Bertz CT molecular complexity index is 426. The largest absolute Gasteiger partial charge is 0.336 e. The van der Waals surface area contributed by atoms with Crippen molar-refractivity contribution in [3.63, 3.8) is 0 Å². The van der Waals surface area contributed by atoms with Crippen LogP contribution in [0.5, 0.6) is 0 Å². The van der Waals surface area contributed by atoms with E-state index in [4.69, 9.17) is 0 Å². The number of benzene rings is 1. The highest BCUT2D eigenvalue weighted by Crippen LogP contribution is 2.29. The van der Waals surface area contributed by atoms with Crippen molar-refractivity contribution in [2.24, 2.45) is 0 Å². The zero-order valence-corrected chi connectivity index (χ0v) is 11.3. The van der Waals surface area contributed by atoms with Crippen LogP contribution in [-0.2, 0) is 0 Å². The minimum Gasteiger partial charge on any atom is -0.336 e. The van der Waals surface area contributed by atoms with Crippen LogP contribution in [-0.4, -0.2) is 29.6 Å². The maximum absolute atomic E-state index is 12.2. The number of likely N-dealkylation sites (tertiary alicyclic amines) is 1. The van der Waals surface area contributed by atoms with Gasteiger partial charge < -0.3 is 5.32 Å². The molecule has 3 heteroatoms. The number of hydrogen-bond donors (Lipinski definition) is 1. The maximum atomic E-state index is 12.2. The Morgan fingerprint density at radius 2 is 1.79 bits per heavy atom. The van der Waals surface area contributed by atoms with Crippen molar-refractivity contribution >= 4 is 5.91 Å². The van der Waals surface area contributed by atoms with Crippen LogP contribution in [0.25, 0.3) is 0 Å². The van der Waals surface area contributed by atoms with E-state index in [9.17, 15) is 4.79 Å². The summed E-state index contributed by atoms with van der Waals surface area (Å²) in [5.74, 6) is 0.0653. The first-order valence-electron chi connectivity index (χ1n) is 7.46. The van der Waals surface area contributed by atoms with Crippen LogP contribution < -0.4 is 5.32 Å². The summed E-state index contributed by atoms with van der Waals surface area (Å²) in [7, 11) is 0. The van der Waals surface area contributed by atoms with E-state index in [-0.39, 0.29) is 12.1 Å². The Labute approximate surface area is 115 Å². The van der Waals surface area contributed by atoms with Crippen molar-refractivity contribution in [1.82, 2.24) is 10.2 Å². The molecule has 1 N–H and O–H groups in total. The SMILES string of the molecule is O=C(NC1CCCN1C1CCCC1)c1ccccc1. The van der Waals surface area contributed by atoms with E-state index in [1.807, 2.05) is 30.3 Å². The standard InChI is InChI=1S/C16H22N2O/c19-16(13-7-2-1-3-8-13)17-15-11-6-12-18(15)14-9-4-5-10-14/h1-3,7-8,14-15H,4-6,9-12H2,(H,17,19). The highest BCUT2D eigenvalue weighted by molar-refractivity contribution is 5.94. The number of amides is 1. The fourth-order valence-corrected chi connectivity index (χ4v) is 3.44. The minimum absolute atomic E-state index is 0.0653. The van der Waals surface area contributed by atoms with Gasteiger partial charge in [0.1, 0.15) is 0 Å². The summed E-state index contributed by atoms with van der Waals surface area (Å²) in [5.41, 5.74) is 0.765. The van der Waals surface area contributed by atoms with Crippen LogP contribution in [0.4, 0.5) is 0 Å². The van der Waals surface area contributed by atoms with E-state index in [0.29, 0.717) is 6.04 Å². The molecule has 1 saturated heterocycles. The van der Waals surface area contributed by atoms with Crippen molar-refractivity contribution in [3.8, 4) is 0 Å². The lowest BCUT2D eigenvalue weighted by molar-refractivity contribution is 0.0848. The summed E-state index contributed by atoms with van der Waals surface area (Å²) in [6.45, 7) is 1.14. The molecule has 1 aliphatic heterocycles. The van der Waals surface area contributed by atoms with Crippen LogP contribution in [0, 0.1) is 0 Å². The van der Waals surface area contributed by atoms with Crippen LogP contribution in [0.1, 0.15) is 48.9 Å². The molecule has 0 spiro atoms. The molecule has 1 atom stereocenters. The molecule has 1 aromatic rings. The van der Waals surface area contributed by atoms with Gasteiger partial charge in [0.2, 0.25) is 0 Å². The van der Waals surface area contributed by atoms with Gasteiger partial charge in [0, 0.05) is 18.2 Å². The van der Waals surface area contributed by atoms with Gasteiger partial charge in [-0.05, 0) is 37.8 Å². The molecule has 19 heavy (non-hydrogen) atoms. The van der Waals surface area contributed by atoms with Crippen molar-refractivity contribution in [2.45, 2.75) is 50.7 Å². The molecule has 1 aromatic carbocycles. The second-order valence-electron chi connectivity index (χ2n) is 5.67. The summed E-state index contributed by atoms with van der Waals surface area (Å²) in [6.07, 6.45) is 7.85. The monoisotopic (exact) mass is 258 g/mol. The molecule has 0 aromatic heterocycles. The van der Waals surface area contributed by atoms with E-state index in [2.05, 4.69) is 10.2 Å². The minimum atomic E-state index is 0.0653. The van der Waals surface area contributed by atoms with Crippen LogP contribution >= 0.6 is 0 Å². The number of nitrogens with one attached hydrogen (secondary N) is 1. The number of carbonyl (C=O) groups is 1. The Morgan fingerprint density at radius 1 is 1.05 bits per heavy atom. The van der Waals surface area contributed by atoms with E-state index in [1.165, 1.54) is 32.1 Å². The zero-order valence-electron chi connectivity index (χ0n) is 11.3. The summed E-state index contributed by atoms with van der Waals surface area (Å²) in [5, 5.41) is 3.21. The number of nitrogens with zero attached hydrogens (tertiary/aromatic N) is 1. The molecule has 1 aliphatic carbocycles. The average Bonchev–Trinajstić information content (AvgIpc) is 3.10. The van der Waals surface area contributed by atoms with E-state index in [0.717, 1.165) is 18.5 Å². The van der Waals surface area contributed by atoms with Crippen molar-refractivity contribution in [2.75, 3.05) is 6.54 Å². The molecule has 0 bridgehead atoms. The van der Waals surface area contributed by atoms with Gasteiger partial charge in [0.15, 0.2) is 0 Å². The molecular formula is C16H22N2O. The van der Waals surface area contributed by atoms with Gasteiger partial charge in [-0.1, -0.05) is 31.0 Å². The van der Waals surface area contributed by atoms with Gasteiger partial charge in [0.25, 0.3) is 5.91 Å². The van der Waals surface area contributed by atoms with Gasteiger partial charge in [0.05, 0.1) is 6.17 Å². The molecule has 0 radical (unpaired) electrons. The van der Waals surface area contributed by atoms with Gasteiger partial charge >= 0.3 is 0 Å². The lowest BCUT2D eigenvalue weighted by Gasteiger charge is -2.30. The Kier molecular flexibility index (Phi) is 3.83. The van der Waals surface area contributed by atoms with Gasteiger partial charge in [-0.15, -0.1) is 0 Å². The normalized spacial score (nSPS) is 24.7. The summed E-state index contributed by atoms with van der Waals surface area (Å²) >= 11 is 0. The average molecular weight is 258 g/mol. The number of rotatable bonds is 3. The quantitative estimate of drug-likeness (QED) is 0.904. The summed E-state index contributed by atoms with van der Waals surface area (Å²) in [4.78, 5) is 14.7. The second kappa shape index (κ2) is 5.74. The molecule has 1 heterocycles. The first kappa shape index (κ1) is 12.7. The van der Waals surface area contributed by atoms with Gasteiger partial charge in [-0.25, -0.2) is 0 Å². The van der Waals surface area contributed by atoms with Crippen LogP contribution in [0.3, 0.4) is 0 Å². The molecule has 3 rings (SSSR count). The molecule has 2 aliphatic rings. The van der Waals surface area contributed by atoms with Crippen LogP contribution in [0.15, 0.2) is 30.3 Å². The highest BCUT2D eigenvalue weighted by Gasteiger charge is 2.33. The zero-order chi connectivity index (χ0) is 13.1. The fraction of sp³-hybridized carbons (Fsp3) is 0.562. The predicted octanol–water partition coefficient (Wildman–Crippen LogP) is 2.78. The molecule has 1 saturated carbocycles. The molecule has 102 valence electrons. The highest BCUT2D eigenvalue weighted by atomic mass is 16.1. The van der Waals surface area contributed by atoms with Gasteiger partial charge in [-0.3, -0.25) is 9.69 Å². The third-order valence-electron chi connectivity index (χ3n) is 4.42. The third kappa shape index (κ3) is 2.81. The Hall–Kier alpha value is -1.35. The maximum Gasteiger partial charge on any atom is 0.252 e.